The van der Waals surface area contributed by atoms with Crippen molar-refractivity contribution in [3.63, 3.8) is 0 Å². The summed E-state index contributed by atoms with van der Waals surface area (Å²) in [6.45, 7) is 21.4. The van der Waals surface area contributed by atoms with E-state index >= 15 is 0 Å². The van der Waals surface area contributed by atoms with Gasteiger partial charge in [0.15, 0.2) is 0 Å². The summed E-state index contributed by atoms with van der Waals surface area (Å²) >= 11 is 0. The van der Waals surface area contributed by atoms with Crippen molar-refractivity contribution in [3.8, 4) is 0 Å². The van der Waals surface area contributed by atoms with E-state index in [4.69, 9.17) is 13.3 Å². The Balaban J connectivity index is 8.02. The van der Waals surface area contributed by atoms with Crippen LogP contribution < -0.4 is 0 Å². The molecular formula is C48H108BO3P3. The van der Waals surface area contributed by atoms with Gasteiger partial charge < -0.3 is 0 Å². The minimum absolute atomic E-state index is 0.507. The van der Waals surface area contributed by atoms with Crippen molar-refractivity contribution >= 4 is 27.8 Å². The molecule has 0 aliphatic heterocycles. The molecule has 0 amide bonds. The van der Waals surface area contributed by atoms with Gasteiger partial charge in [0.1, 0.15) is 0 Å². The molecule has 336 valence electrons. The van der Waals surface area contributed by atoms with Gasteiger partial charge in [0.25, 0.3) is 0 Å². The van der Waals surface area contributed by atoms with Crippen LogP contribution in [0.4, 0.5) is 0 Å². The van der Waals surface area contributed by atoms with Crippen LogP contribution in [-0.4, -0.2) is 82.8 Å². The van der Waals surface area contributed by atoms with Gasteiger partial charge >= 0.3 is 352 Å². The SMILES string of the molecule is CCCCCP(C)(CCCCC)(CCCCC)OB(OP(C)(CCCCC)(CCCCC)CCCCC)OP(C)(CCCCC)(CCCCC)CCCCC. The van der Waals surface area contributed by atoms with Gasteiger partial charge in [-0.25, -0.2) is 0 Å². The van der Waals surface area contributed by atoms with Gasteiger partial charge in [0, 0.05) is 0 Å². The van der Waals surface area contributed by atoms with E-state index < -0.39 is 27.8 Å². The van der Waals surface area contributed by atoms with Gasteiger partial charge in [0.2, 0.25) is 0 Å². The van der Waals surface area contributed by atoms with E-state index in [0.717, 1.165) is 0 Å². The Kier molecular flexibility index (Phi) is 31.0. The molecule has 0 spiro atoms. The molecule has 0 aliphatic carbocycles. The molecule has 0 heterocycles. The second-order valence-corrected chi connectivity index (χ2v) is 37.8. The molecule has 3 nitrogen and oxygen atoms in total. The zero-order chi connectivity index (χ0) is 41.5. The van der Waals surface area contributed by atoms with Crippen molar-refractivity contribution in [1.29, 1.82) is 0 Å². The average molecular weight is 837 g/mol. The first-order valence-corrected chi connectivity index (χ1v) is 34.8. The van der Waals surface area contributed by atoms with E-state index in [-0.39, 0.29) is 0 Å². The van der Waals surface area contributed by atoms with E-state index in [1.54, 1.807) is 0 Å². The Morgan fingerprint density at radius 2 is 0.364 bits per heavy atom. The predicted molar refractivity (Wildman–Crippen MR) is 267 cm³/mol. The molecule has 0 saturated carbocycles. The summed E-state index contributed by atoms with van der Waals surface area (Å²) in [6.07, 6.45) is 46.0. The summed E-state index contributed by atoms with van der Waals surface area (Å²) in [4.78, 5) is 0. The third kappa shape index (κ3) is 23.1. The van der Waals surface area contributed by atoms with Crippen molar-refractivity contribution in [2.24, 2.45) is 0 Å². The van der Waals surface area contributed by atoms with E-state index in [2.05, 4.69) is 82.3 Å². The zero-order valence-corrected chi connectivity index (χ0v) is 43.3. The first-order chi connectivity index (χ1) is 26.2. The van der Waals surface area contributed by atoms with Crippen LogP contribution in [0.5, 0.6) is 0 Å². The molecule has 0 bridgehead atoms. The van der Waals surface area contributed by atoms with E-state index in [1.807, 2.05) is 0 Å². The second-order valence-electron chi connectivity index (χ2n) is 20.0. The maximum atomic E-state index is 8.30. The molecule has 0 aliphatic rings. The number of rotatable bonds is 42. The Bertz CT molecular complexity index is 715. The van der Waals surface area contributed by atoms with Crippen molar-refractivity contribution in [1.82, 2.24) is 0 Å². The fourth-order valence-electron chi connectivity index (χ4n) is 9.62. The van der Waals surface area contributed by atoms with Crippen molar-refractivity contribution in [2.45, 2.75) is 236 Å². The van der Waals surface area contributed by atoms with Crippen LogP contribution in [0.25, 0.3) is 0 Å². The first kappa shape index (κ1) is 56.2. The molecule has 0 rings (SSSR count). The van der Waals surface area contributed by atoms with Gasteiger partial charge in [-0.2, -0.15) is 0 Å². The molecule has 0 unspecified atom stereocenters. The van der Waals surface area contributed by atoms with Crippen LogP contribution in [0.3, 0.4) is 0 Å². The van der Waals surface area contributed by atoms with E-state index in [9.17, 15) is 0 Å². The molecule has 7 heteroatoms. The van der Waals surface area contributed by atoms with Gasteiger partial charge in [0.05, 0.1) is 0 Å². The van der Waals surface area contributed by atoms with Crippen molar-refractivity contribution in [2.75, 3.05) is 75.5 Å². The number of unbranched alkanes of at least 4 members (excludes halogenated alkanes) is 18. The monoisotopic (exact) mass is 837 g/mol. The molecule has 0 atom stereocenters. The summed E-state index contributed by atoms with van der Waals surface area (Å²) in [7, 11) is -0.507. The molecule has 0 saturated heterocycles. The quantitative estimate of drug-likeness (QED) is 0.0348. The van der Waals surface area contributed by atoms with Crippen LogP contribution in [-0.2, 0) is 13.3 Å². The van der Waals surface area contributed by atoms with Crippen LogP contribution in [0.15, 0.2) is 0 Å². The molecule has 55 heavy (non-hydrogen) atoms. The summed E-state index contributed by atoms with van der Waals surface area (Å²) in [6, 6.07) is 0. The Morgan fingerprint density at radius 1 is 0.236 bits per heavy atom. The summed E-state index contributed by atoms with van der Waals surface area (Å²) < 4.78 is 24.9. The maximum absolute atomic E-state index is 8.30. The molecular weight excluding hydrogens is 728 g/mol. The molecule has 0 radical (unpaired) electrons. The number of hydrogen-bond donors (Lipinski definition) is 0. The number of hydrogen-bond acceptors (Lipinski definition) is 3. The first-order valence-electron chi connectivity index (χ1n) is 25.3. The third-order valence-corrected chi connectivity index (χ3v) is 30.5. The van der Waals surface area contributed by atoms with E-state index in [1.165, 1.54) is 229 Å². The Morgan fingerprint density at radius 3 is 0.473 bits per heavy atom. The molecule has 0 N–H and O–H groups in total. The van der Waals surface area contributed by atoms with Crippen LogP contribution in [0, 0.1) is 0 Å². The summed E-state index contributed by atoms with van der Waals surface area (Å²) in [5.41, 5.74) is 0. The minimum atomic E-state index is -2.69. The van der Waals surface area contributed by atoms with Gasteiger partial charge in [-0.15, -0.1) is 0 Å². The fourth-order valence-corrected chi connectivity index (χ4v) is 24.7. The summed E-state index contributed by atoms with van der Waals surface area (Å²) in [5, 5.41) is 0. The van der Waals surface area contributed by atoms with Crippen molar-refractivity contribution < 1.29 is 13.3 Å². The normalized spacial score (nSPS) is 14.9. The third-order valence-electron chi connectivity index (χ3n) is 13.8. The van der Waals surface area contributed by atoms with E-state index in [0.29, 0.717) is 0 Å². The van der Waals surface area contributed by atoms with Crippen molar-refractivity contribution in [3.05, 3.63) is 0 Å². The van der Waals surface area contributed by atoms with Gasteiger partial charge in [-0.05, 0) is 0 Å². The average Bonchev–Trinajstić information content (AvgIpc) is 3.13. The fraction of sp³-hybridized carbons (Fsp3) is 1.00. The predicted octanol–water partition coefficient (Wildman–Crippen LogP) is 18.0. The molecule has 0 aromatic carbocycles. The standard InChI is InChI=1S/C48H108BO3P3/c1-13-22-31-40-53(10,41-32-23-14-2,42-33-24-15-3)50-49(51-54(11,43-34-25-16-4,44-35-26-17-5)45-36-27-18-6)52-55(12,46-37-28-19-7,47-38-29-20-8)48-39-30-21-9/h13-48H2,1-12H3. The van der Waals surface area contributed by atoms with Crippen LogP contribution >= 0.6 is 20.5 Å². The molecule has 0 aromatic rings. The topological polar surface area (TPSA) is 27.7 Å². The molecule has 0 aromatic heterocycles. The zero-order valence-electron chi connectivity index (χ0n) is 40.6. The second kappa shape index (κ2) is 30.3. The van der Waals surface area contributed by atoms with Gasteiger partial charge in [-0.1, -0.05) is 0 Å². The Labute approximate surface area is 350 Å². The molecule has 0 fully saturated rings. The van der Waals surface area contributed by atoms with Gasteiger partial charge in [-0.3, -0.25) is 0 Å². The van der Waals surface area contributed by atoms with Crippen LogP contribution in [0.1, 0.15) is 236 Å². The summed E-state index contributed by atoms with van der Waals surface area (Å²) in [5.74, 6) is 0. The Hall–Kier alpha value is 1.23. The van der Waals surface area contributed by atoms with Crippen LogP contribution in [0.2, 0.25) is 0 Å².